The molecule has 0 radical (unpaired) electrons. The number of H-pyrrole nitrogens is 1. The van der Waals surface area contributed by atoms with E-state index in [9.17, 15) is 4.79 Å². The molecule has 1 heterocycles. The van der Waals surface area contributed by atoms with Crippen LogP contribution in [0.3, 0.4) is 0 Å². The third kappa shape index (κ3) is 3.42. The summed E-state index contributed by atoms with van der Waals surface area (Å²) in [6, 6.07) is 5.34. The van der Waals surface area contributed by atoms with Gasteiger partial charge in [0.25, 0.3) is 0 Å². The zero-order valence-electron chi connectivity index (χ0n) is 12.8. The lowest BCUT2D eigenvalue weighted by Crippen LogP contribution is -2.34. The van der Waals surface area contributed by atoms with E-state index in [0.29, 0.717) is 13.0 Å². The molecule has 0 aliphatic heterocycles. The van der Waals surface area contributed by atoms with E-state index in [2.05, 4.69) is 4.98 Å². The summed E-state index contributed by atoms with van der Waals surface area (Å²) in [5.74, 6) is 1.22. The number of nitrogens with two attached hydrogens (primary N) is 1. The lowest BCUT2D eigenvalue weighted by Gasteiger charge is -2.10. The highest BCUT2D eigenvalue weighted by atomic mass is 16.5. The second-order valence-corrected chi connectivity index (χ2v) is 5.84. The van der Waals surface area contributed by atoms with Gasteiger partial charge in [0.15, 0.2) is 0 Å². The molecule has 22 heavy (non-hydrogen) atoms. The maximum atomic E-state index is 11.7. The number of carbonyl (C=O) groups is 1. The summed E-state index contributed by atoms with van der Waals surface area (Å²) >= 11 is 0. The Hall–Kier alpha value is -2.01. The van der Waals surface area contributed by atoms with Crippen molar-refractivity contribution < 1.29 is 14.3 Å². The largest absolute Gasteiger partial charge is 0.493 e. The van der Waals surface area contributed by atoms with Gasteiger partial charge in [-0.25, -0.2) is 0 Å². The van der Waals surface area contributed by atoms with Crippen LogP contribution in [-0.4, -0.2) is 30.2 Å². The standard InChI is InChI=1S/C17H22N2O3/c1-2-21-17(20)15(18)7-12-9-19-16-6-5-13(8-14(12)16)22-10-11-3-4-11/h5-6,8-9,11,15,19H,2-4,7,10,18H2,1H3. The molecule has 0 spiro atoms. The normalized spacial score (nSPS) is 15.7. The van der Waals surface area contributed by atoms with E-state index in [1.54, 1.807) is 6.92 Å². The number of carbonyl (C=O) groups excluding carboxylic acids is 1. The van der Waals surface area contributed by atoms with E-state index >= 15 is 0 Å². The first kappa shape index (κ1) is 14.9. The summed E-state index contributed by atoms with van der Waals surface area (Å²) in [6.07, 6.45) is 4.89. The number of fused-ring (bicyclic) bond motifs is 1. The van der Waals surface area contributed by atoms with Crippen LogP contribution in [0.15, 0.2) is 24.4 Å². The molecule has 1 aromatic heterocycles. The highest BCUT2D eigenvalue weighted by Crippen LogP contribution is 2.30. The van der Waals surface area contributed by atoms with Gasteiger partial charge >= 0.3 is 5.97 Å². The Morgan fingerprint density at radius 3 is 3.00 bits per heavy atom. The molecule has 1 atom stereocenters. The quantitative estimate of drug-likeness (QED) is 0.770. The van der Waals surface area contributed by atoms with Gasteiger partial charge in [-0.1, -0.05) is 0 Å². The molecule has 3 rings (SSSR count). The molecular formula is C17H22N2O3. The molecule has 1 saturated carbocycles. The molecule has 5 nitrogen and oxygen atoms in total. The number of hydrogen-bond acceptors (Lipinski definition) is 4. The fourth-order valence-corrected chi connectivity index (χ4v) is 2.48. The smallest absolute Gasteiger partial charge is 0.323 e. The van der Waals surface area contributed by atoms with Gasteiger partial charge in [0.05, 0.1) is 13.2 Å². The minimum Gasteiger partial charge on any atom is -0.493 e. The second kappa shape index (κ2) is 6.40. The van der Waals surface area contributed by atoms with E-state index in [1.165, 1.54) is 12.8 Å². The zero-order valence-corrected chi connectivity index (χ0v) is 12.8. The Morgan fingerprint density at radius 1 is 1.45 bits per heavy atom. The number of esters is 1. The molecule has 0 amide bonds. The van der Waals surface area contributed by atoms with Crippen LogP contribution >= 0.6 is 0 Å². The van der Waals surface area contributed by atoms with Crippen molar-refractivity contribution in [3.05, 3.63) is 30.0 Å². The Kier molecular flexibility index (Phi) is 4.34. The maximum absolute atomic E-state index is 11.7. The Bertz CT molecular complexity index is 661. The molecule has 1 aliphatic rings. The van der Waals surface area contributed by atoms with Crippen molar-refractivity contribution in [2.45, 2.75) is 32.2 Å². The van der Waals surface area contributed by atoms with Crippen LogP contribution in [0.5, 0.6) is 5.75 Å². The van der Waals surface area contributed by atoms with E-state index in [4.69, 9.17) is 15.2 Å². The van der Waals surface area contributed by atoms with Crippen LogP contribution in [-0.2, 0) is 16.0 Å². The lowest BCUT2D eigenvalue weighted by molar-refractivity contribution is -0.144. The van der Waals surface area contributed by atoms with E-state index < -0.39 is 6.04 Å². The number of ether oxygens (including phenoxy) is 2. The predicted molar refractivity (Wildman–Crippen MR) is 84.8 cm³/mol. The summed E-state index contributed by atoms with van der Waals surface area (Å²) in [5.41, 5.74) is 7.94. The van der Waals surface area contributed by atoms with Crippen LogP contribution in [0.1, 0.15) is 25.3 Å². The van der Waals surface area contributed by atoms with Gasteiger partial charge in [-0.2, -0.15) is 0 Å². The van der Waals surface area contributed by atoms with Gasteiger partial charge < -0.3 is 20.2 Å². The molecule has 5 heteroatoms. The second-order valence-electron chi connectivity index (χ2n) is 5.84. The third-order valence-electron chi connectivity index (χ3n) is 3.95. The molecule has 1 fully saturated rings. The summed E-state index contributed by atoms with van der Waals surface area (Å²) in [7, 11) is 0. The molecule has 1 unspecified atom stereocenters. The lowest BCUT2D eigenvalue weighted by atomic mass is 10.1. The molecule has 0 bridgehead atoms. The average molecular weight is 302 g/mol. The van der Waals surface area contributed by atoms with Crippen molar-refractivity contribution in [3.8, 4) is 5.75 Å². The van der Waals surface area contributed by atoms with Gasteiger partial charge in [-0.3, -0.25) is 4.79 Å². The highest BCUT2D eigenvalue weighted by molar-refractivity contribution is 5.85. The molecule has 0 saturated heterocycles. The Morgan fingerprint density at radius 2 is 2.27 bits per heavy atom. The number of nitrogens with one attached hydrogen (secondary N) is 1. The van der Waals surface area contributed by atoms with Crippen molar-refractivity contribution in [1.29, 1.82) is 0 Å². The highest BCUT2D eigenvalue weighted by Gasteiger charge is 2.22. The summed E-state index contributed by atoms with van der Waals surface area (Å²) in [5, 5.41) is 1.05. The topological polar surface area (TPSA) is 77.3 Å². The van der Waals surface area contributed by atoms with Crippen LogP contribution in [0, 0.1) is 5.92 Å². The monoisotopic (exact) mass is 302 g/mol. The first-order valence-corrected chi connectivity index (χ1v) is 7.82. The van der Waals surface area contributed by atoms with Crippen molar-refractivity contribution in [3.63, 3.8) is 0 Å². The van der Waals surface area contributed by atoms with E-state index in [0.717, 1.165) is 34.7 Å². The van der Waals surface area contributed by atoms with Gasteiger partial charge in [0.2, 0.25) is 0 Å². The van der Waals surface area contributed by atoms with Crippen molar-refractivity contribution in [2.75, 3.05) is 13.2 Å². The van der Waals surface area contributed by atoms with Crippen molar-refractivity contribution >= 4 is 16.9 Å². The van der Waals surface area contributed by atoms with Gasteiger partial charge in [-0.05, 0) is 49.4 Å². The minimum absolute atomic E-state index is 0.347. The Balaban J connectivity index is 1.73. The van der Waals surface area contributed by atoms with Gasteiger partial charge in [0.1, 0.15) is 11.8 Å². The molecule has 1 aromatic carbocycles. The first-order valence-electron chi connectivity index (χ1n) is 7.82. The van der Waals surface area contributed by atoms with Crippen molar-refractivity contribution in [1.82, 2.24) is 4.98 Å². The van der Waals surface area contributed by atoms with Crippen molar-refractivity contribution in [2.24, 2.45) is 11.7 Å². The van der Waals surface area contributed by atoms with E-state index in [-0.39, 0.29) is 5.97 Å². The molecule has 3 N–H and O–H groups in total. The zero-order chi connectivity index (χ0) is 15.5. The van der Waals surface area contributed by atoms with Crippen LogP contribution in [0.25, 0.3) is 10.9 Å². The van der Waals surface area contributed by atoms with Gasteiger partial charge in [0, 0.05) is 23.5 Å². The molecule has 118 valence electrons. The van der Waals surface area contributed by atoms with Crippen LogP contribution < -0.4 is 10.5 Å². The molecule has 1 aliphatic carbocycles. The fraction of sp³-hybridized carbons (Fsp3) is 0.471. The maximum Gasteiger partial charge on any atom is 0.323 e. The Labute approximate surface area is 129 Å². The number of rotatable bonds is 7. The van der Waals surface area contributed by atoms with E-state index in [1.807, 2.05) is 24.4 Å². The first-order chi connectivity index (χ1) is 10.7. The van der Waals surface area contributed by atoms with Crippen LogP contribution in [0.4, 0.5) is 0 Å². The summed E-state index contributed by atoms with van der Waals surface area (Å²) in [4.78, 5) is 14.9. The summed E-state index contributed by atoms with van der Waals surface area (Å²) < 4.78 is 10.8. The summed E-state index contributed by atoms with van der Waals surface area (Å²) in [6.45, 7) is 2.91. The SMILES string of the molecule is CCOC(=O)C(N)Cc1c[nH]c2ccc(OCC3CC3)cc12. The fourth-order valence-electron chi connectivity index (χ4n) is 2.48. The van der Waals surface area contributed by atoms with Crippen LogP contribution in [0.2, 0.25) is 0 Å². The molecule has 2 aromatic rings. The number of aromatic amines is 1. The average Bonchev–Trinajstić information content (AvgIpc) is 3.27. The number of hydrogen-bond donors (Lipinski definition) is 2. The van der Waals surface area contributed by atoms with Gasteiger partial charge in [-0.15, -0.1) is 0 Å². The minimum atomic E-state index is -0.644. The predicted octanol–water partition coefficient (Wildman–Crippen LogP) is 2.39. The number of aromatic nitrogens is 1. The molecular weight excluding hydrogens is 280 g/mol. The number of benzene rings is 1. The third-order valence-corrected chi connectivity index (χ3v) is 3.95.